The normalized spacial score (nSPS) is 10.0. The summed E-state index contributed by atoms with van der Waals surface area (Å²) in [5.41, 5.74) is 1.89. The van der Waals surface area contributed by atoms with E-state index in [0.717, 1.165) is 11.3 Å². The van der Waals surface area contributed by atoms with Crippen LogP contribution in [0, 0.1) is 0 Å². The van der Waals surface area contributed by atoms with Gasteiger partial charge in [-0.15, -0.1) is 0 Å². The molecule has 0 aliphatic rings. The van der Waals surface area contributed by atoms with Crippen molar-refractivity contribution in [1.29, 1.82) is 0 Å². The number of hydrogen-bond acceptors (Lipinski definition) is 2. The Morgan fingerprint density at radius 2 is 1.86 bits per heavy atom. The third-order valence-corrected chi connectivity index (χ3v) is 3.57. The number of nitrogens with one attached hydrogen (secondary N) is 2. The molecule has 3 nitrogen and oxygen atoms in total. The molecule has 0 spiro atoms. The summed E-state index contributed by atoms with van der Waals surface area (Å²) < 4.78 is 5.10. The molecule has 0 saturated carbocycles. The second-order valence-electron chi connectivity index (χ2n) is 4.28. The van der Waals surface area contributed by atoms with Gasteiger partial charge in [0, 0.05) is 17.3 Å². The third kappa shape index (κ3) is 4.77. The Balaban J connectivity index is 1.89. The summed E-state index contributed by atoms with van der Waals surface area (Å²) in [6.45, 7) is 0.618. The maximum atomic E-state index is 6.06. The van der Waals surface area contributed by atoms with E-state index in [0.29, 0.717) is 27.5 Å². The summed E-state index contributed by atoms with van der Waals surface area (Å²) in [7, 11) is 1.58. The van der Waals surface area contributed by atoms with E-state index in [1.165, 1.54) is 0 Å². The van der Waals surface area contributed by atoms with Gasteiger partial charge in [-0.3, -0.25) is 0 Å². The topological polar surface area (TPSA) is 33.3 Å². The Kier molecular flexibility index (Phi) is 5.67. The molecule has 2 aromatic carbocycles. The molecule has 0 unspecified atom stereocenters. The van der Waals surface area contributed by atoms with Gasteiger partial charge in [0.15, 0.2) is 5.11 Å². The first-order valence-corrected chi connectivity index (χ1v) is 7.38. The van der Waals surface area contributed by atoms with E-state index in [-0.39, 0.29) is 0 Å². The van der Waals surface area contributed by atoms with Crippen molar-refractivity contribution in [2.75, 3.05) is 12.4 Å². The van der Waals surface area contributed by atoms with E-state index < -0.39 is 0 Å². The molecule has 0 aromatic heterocycles. The minimum absolute atomic E-state index is 0.520. The highest BCUT2D eigenvalue weighted by Crippen LogP contribution is 2.27. The standard InChI is InChI=1S/C15H14Cl2N2OS/c1-20-14-7-6-12(8-13(14)17)19-15(21)18-9-10-2-4-11(16)5-3-10/h2-8H,9H2,1H3,(H2,18,19,21). The zero-order valence-corrected chi connectivity index (χ0v) is 13.6. The van der Waals surface area contributed by atoms with Crippen LogP contribution in [0.3, 0.4) is 0 Å². The Morgan fingerprint density at radius 1 is 1.14 bits per heavy atom. The molecule has 0 atom stereocenters. The fraction of sp³-hybridized carbons (Fsp3) is 0.133. The van der Waals surface area contributed by atoms with Crippen molar-refractivity contribution >= 4 is 46.2 Å². The number of benzene rings is 2. The lowest BCUT2D eigenvalue weighted by Crippen LogP contribution is -2.27. The van der Waals surface area contributed by atoms with Gasteiger partial charge in [-0.2, -0.15) is 0 Å². The van der Waals surface area contributed by atoms with Gasteiger partial charge in [-0.1, -0.05) is 35.3 Å². The van der Waals surface area contributed by atoms with Crippen LogP contribution in [-0.4, -0.2) is 12.2 Å². The fourth-order valence-corrected chi connectivity index (χ4v) is 2.28. The van der Waals surface area contributed by atoms with Gasteiger partial charge in [-0.05, 0) is 48.1 Å². The summed E-state index contributed by atoms with van der Waals surface area (Å²) >= 11 is 17.1. The van der Waals surface area contributed by atoms with E-state index in [2.05, 4.69) is 10.6 Å². The Morgan fingerprint density at radius 3 is 2.48 bits per heavy atom. The molecule has 0 fully saturated rings. The maximum Gasteiger partial charge on any atom is 0.171 e. The molecule has 0 bridgehead atoms. The van der Waals surface area contributed by atoms with Crippen LogP contribution in [0.1, 0.15) is 5.56 Å². The summed E-state index contributed by atoms with van der Waals surface area (Å²) in [5.74, 6) is 0.627. The fourth-order valence-electron chi connectivity index (χ4n) is 1.70. The van der Waals surface area contributed by atoms with Gasteiger partial charge in [0.1, 0.15) is 5.75 Å². The Hall–Kier alpha value is -1.49. The molecule has 0 aliphatic carbocycles. The van der Waals surface area contributed by atoms with Crippen LogP contribution in [-0.2, 0) is 6.54 Å². The number of anilines is 1. The zero-order chi connectivity index (χ0) is 15.2. The van der Waals surface area contributed by atoms with Crippen molar-refractivity contribution in [2.45, 2.75) is 6.54 Å². The first-order chi connectivity index (χ1) is 10.1. The lowest BCUT2D eigenvalue weighted by atomic mass is 10.2. The first-order valence-electron chi connectivity index (χ1n) is 6.21. The van der Waals surface area contributed by atoms with Crippen LogP contribution < -0.4 is 15.4 Å². The number of halogens is 2. The average Bonchev–Trinajstić information content (AvgIpc) is 2.47. The molecule has 0 radical (unpaired) electrons. The van der Waals surface area contributed by atoms with Crippen molar-refractivity contribution in [2.24, 2.45) is 0 Å². The van der Waals surface area contributed by atoms with Crippen molar-refractivity contribution < 1.29 is 4.74 Å². The Bertz CT molecular complexity index is 632. The van der Waals surface area contributed by atoms with E-state index >= 15 is 0 Å². The smallest absolute Gasteiger partial charge is 0.171 e. The molecule has 0 aliphatic heterocycles. The largest absolute Gasteiger partial charge is 0.495 e. The van der Waals surface area contributed by atoms with Gasteiger partial charge in [0.05, 0.1) is 12.1 Å². The minimum atomic E-state index is 0.520. The lowest BCUT2D eigenvalue weighted by Gasteiger charge is -2.12. The summed E-state index contributed by atoms with van der Waals surface area (Å²) in [4.78, 5) is 0. The number of hydrogen-bond donors (Lipinski definition) is 2. The van der Waals surface area contributed by atoms with Gasteiger partial charge < -0.3 is 15.4 Å². The number of thiocarbonyl (C=S) groups is 1. The molecule has 21 heavy (non-hydrogen) atoms. The van der Waals surface area contributed by atoms with Gasteiger partial charge >= 0.3 is 0 Å². The predicted molar refractivity (Wildman–Crippen MR) is 92.5 cm³/mol. The number of ether oxygens (including phenoxy) is 1. The average molecular weight is 341 g/mol. The quantitative estimate of drug-likeness (QED) is 0.803. The molecule has 2 aromatic rings. The van der Waals surface area contributed by atoms with E-state index in [4.69, 9.17) is 40.2 Å². The summed E-state index contributed by atoms with van der Waals surface area (Å²) in [5, 5.41) is 7.95. The highest BCUT2D eigenvalue weighted by atomic mass is 35.5. The van der Waals surface area contributed by atoms with Crippen molar-refractivity contribution in [3.63, 3.8) is 0 Å². The van der Waals surface area contributed by atoms with Crippen LogP contribution in [0.2, 0.25) is 10.0 Å². The van der Waals surface area contributed by atoms with E-state index in [1.54, 1.807) is 19.2 Å². The minimum Gasteiger partial charge on any atom is -0.495 e. The molecular formula is C15H14Cl2N2OS. The molecule has 0 saturated heterocycles. The number of rotatable bonds is 4. The third-order valence-electron chi connectivity index (χ3n) is 2.78. The van der Waals surface area contributed by atoms with Gasteiger partial charge in [-0.25, -0.2) is 0 Å². The first kappa shape index (κ1) is 15.9. The van der Waals surface area contributed by atoms with Crippen molar-refractivity contribution in [1.82, 2.24) is 5.32 Å². The highest BCUT2D eigenvalue weighted by molar-refractivity contribution is 7.80. The monoisotopic (exact) mass is 340 g/mol. The van der Waals surface area contributed by atoms with Crippen LogP contribution in [0.5, 0.6) is 5.75 Å². The van der Waals surface area contributed by atoms with Crippen LogP contribution in [0.4, 0.5) is 5.69 Å². The van der Waals surface area contributed by atoms with Crippen LogP contribution in [0.25, 0.3) is 0 Å². The second-order valence-corrected chi connectivity index (χ2v) is 5.54. The molecular weight excluding hydrogens is 327 g/mol. The molecule has 110 valence electrons. The van der Waals surface area contributed by atoms with Crippen molar-refractivity contribution in [3.05, 3.63) is 58.1 Å². The lowest BCUT2D eigenvalue weighted by molar-refractivity contribution is 0.415. The molecule has 0 heterocycles. The molecule has 6 heteroatoms. The van der Waals surface area contributed by atoms with E-state index in [9.17, 15) is 0 Å². The molecule has 2 N–H and O–H groups in total. The summed E-state index contributed by atoms with van der Waals surface area (Å²) in [6, 6.07) is 13.0. The molecule has 0 amide bonds. The maximum absolute atomic E-state index is 6.06. The zero-order valence-electron chi connectivity index (χ0n) is 11.3. The number of methoxy groups -OCH3 is 1. The van der Waals surface area contributed by atoms with Gasteiger partial charge in [0.2, 0.25) is 0 Å². The second kappa shape index (κ2) is 7.50. The Labute approximate surface area is 139 Å². The highest BCUT2D eigenvalue weighted by Gasteiger charge is 2.03. The van der Waals surface area contributed by atoms with Crippen molar-refractivity contribution in [3.8, 4) is 5.75 Å². The van der Waals surface area contributed by atoms with E-state index in [1.807, 2.05) is 30.3 Å². The predicted octanol–water partition coefficient (Wildman–Crippen LogP) is 4.49. The van der Waals surface area contributed by atoms with Crippen LogP contribution >= 0.6 is 35.4 Å². The van der Waals surface area contributed by atoms with Gasteiger partial charge in [0.25, 0.3) is 0 Å². The molecule has 2 rings (SSSR count). The summed E-state index contributed by atoms with van der Waals surface area (Å²) in [6.07, 6.45) is 0. The van der Waals surface area contributed by atoms with Crippen LogP contribution in [0.15, 0.2) is 42.5 Å². The SMILES string of the molecule is COc1ccc(NC(=S)NCc2ccc(Cl)cc2)cc1Cl.